The van der Waals surface area contributed by atoms with E-state index in [1.165, 1.54) is 11.3 Å². The van der Waals surface area contributed by atoms with E-state index in [0.29, 0.717) is 0 Å². The van der Waals surface area contributed by atoms with Gasteiger partial charge >= 0.3 is 0 Å². The first-order chi connectivity index (χ1) is 10.1. The molecule has 0 unspecified atom stereocenters. The van der Waals surface area contributed by atoms with Crippen LogP contribution in [0.3, 0.4) is 0 Å². The van der Waals surface area contributed by atoms with E-state index in [0.717, 1.165) is 30.9 Å². The SMILES string of the molecule is CC[C@@H](N)c1ccc(N(CC)Cc2cccc(C)n2)cc1. The molecule has 1 atom stereocenters. The Morgan fingerprint density at radius 3 is 2.38 bits per heavy atom. The van der Waals surface area contributed by atoms with E-state index in [2.05, 4.69) is 60.1 Å². The summed E-state index contributed by atoms with van der Waals surface area (Å²) in [6.45, 7) is 8.09. The van der Waals surface area contributed by atoms with Crippen molar-refractivity contribution >= 4 is 5.69 Å². The molecule has 2 N–H and O–H groups in total. The smallest absolute Gasteiger partial charge is 0.0602 e. The van der Waals surface area contributed by atoms with Crippen LogP contribution >= 0.6 is 0 Å². The quantitative estimate of drug-likeness (QED) is 0.876. The number of aryl methyl sites for hydroxylation is 1. The minimum absolute atomic E-state index is 0.132. The Morgan fingerprint density at radius 1 is 1.10 bits per heavy atom. The second-order valence-electron chi connectivity index (χ2n) is 5.39. The molecule has 0 saturated heterocycles. The van der Waals surface area contributed by atoms with Crippen LogP contribution in [0.5, 0.6) is 0 Å². The van der Waals surface area contributed by atoms with Crippen LogP contribution in [-0.2, 0) is 6.54 Å². The van der Waals surface area contributed by atoms with Crippen LogP contribution in [0.15, 0.2) is 42.5 Å². The molecule has 2 aromatic rings. The predicted molar refractivity (Wildman–Crippen MR) is 89.4 cm³/mol. The minimum Gasteiger partial charge on any atom is -0.366 e. The third-order valence-corrected chi connectivity index (χ3v) is 3.81. The molecule has 0 aliphatic heterocycles. The highest BCUT2D eigenvalue weighted by molar-refractivity contribution is 5.48. The average Bonchev–Trinajstić information content (AvgIpc) is 2.52. The van der Waals surface area contributed by atoms with Crippen LogP contribution in [0.1, 0.15) is 43.3 Å². The first kappa shape index (κ1) is 15.5. The van der Waals surface area contributed by atoms with E-state index in [9.17, 15) is 0 Å². The Balaban J connectivity index is 2.14. The summed E-state index contributed by atoms with van der Waals surface area (Å²) in [6, 6.07) is 14.9. The van der Waals surface area contributed by atoms with Gasteiger partial charge in [-0.25, -0.2) is 0 Å². The van der Waals surface area contributed by atoms with Crippen molar-refractivity contribution in [2.24, 2.45) is 5.73 Å². The molecule has 21 heavy (non-hydrogen) atoms. The lowest BCUT2D eigenvalue weighted by Gasteiger charge is -2.23. The lowest BCUT2D eigenvalue weighted by Crippen LogP contribution is -2.22. The number of aromatic nitrogens is 1. The van der Waals surface area contributed by atoms with Crippen molar-refractivity contribution in [1.82, 2.24) is 4.98 Å². The zero-order valence-corrected chi connectivity index (χ0v) is 13.2. The van der Waals surface area contributed by atoms with E-state index >= 15 is 0 Å². The Labute approximate surface area is 127 Å². The molecule has 1 heterocycles. The highest BCUT2D eigenvalue weighted by Crippen LogP contribution is 2.21. The molecule has 0 bridgehead atoms. The molecule has 2 rings (SSSR count). The van der Waals surface area contributed by atoms with Crippen molar-refractivity contribution < 1.29 is 0 Å². The number of nitrogens with zero attached hydrogens (tertiary/aromatic N) is 2. The Morgan fingerprint density at radius 2 is 1.81 bits per heavy atom. The third-order valence-electron chi connectivity index (χ3n) is 3.81. The van der Waals surface area contributed by atoms with Crippen LogP contribution in [-0.4, -0.2) is 11.5 Å². The molecule has 0 amide bonds. The number of benzene rings is 1. The summed E-state index contributed by atoms with van der Waals surface area (Å²) >= 11 is 0. The second kappa shape index (κ2) is 7.23. The Kier molecular flexibility index (Phi) is 5.34. The molecule has 112 valence electrons. The number of hydrogen-bond donors (Lipinski definition) is 1. The molecule has 1 aromatic heterocycles. The number of pyridine rings is 1. The summed E-state index contributed by atoms with van der Waals surface area (Å²) in [4.78, 5) is 6.91. The van der Waals surface area contributed by atoms with Crippen molar-refractivity contribution in [1.29, 1.82) is 0 Å². The second-order valence-corrected chi connectivity index (χ2v) is 5.39. The summed E-state index contributed by atoms with van der Waals surface area (Å²) < 4.78 is 0. The van der Waals surface area contributed by atoms with Crippen LogP contribution < -0.4 is 10.6 Å². The molecule has 0 aliphatic rings. The molecule has 0 radical (unpaired) electrons. The Hall–Kier alpha value is -1.87. The molecule has 3 nitrogen and oxygen atoms in total. The fraction of sp³-hybridized carbons (Fsp3) is 0.389. The highest BCUT2D eigenvalue weighted by Gasteiger charge is 2.08. The monoisotopic (exact) mass is 283 g/mol. The fourth-order valence-electron chi connectivity index (χ4n) is 2.44. The molecule has 0 saturated carbocycles. The van der Waals surface area contributed by atoms with E-state index in [4.69, 9.17) is 5.73 Å². The average molecular weight is 283 g/mol. The van der Waals surface area contributed by atoms with Gasteiger partial charge in [-0.15, -0.1) is 0 Å². The zero-order chi connectivity index (χ0) is 15.2. The van der Waals surface area contributed by atoms with Crippen molar-refractivity contribution in [3.8, 4) is 0 Å². The predicted octanol–water partition coefficient (Wildman–Crippen LogP) is 3.83. The summed E-state index contributed by atoms with van der Waals surface area (Å²) in [7, 11) is 0. The topological polar surface area (TPSA) is 42.1 Å². The van der Waals surface area contributed by atoms with Gasteiger partial charge in [0.25, 0.3) is 0 Å². The molecule has 1 aromatic carbocycles. The van der Waals surface area contributed by atoms with Crippen molar-refractivity contribution in [2.75, 3.05) is 11.4 Å². The van der Waals surface area contributed by atoms with Crippen molar-refractivity contribution in [3.05, 3.63) is 59.4 Å². The third kappa shape index (κ3) is 4.05. The fourth-order valence-corrected chi connectivity index (χ4v) is 2.44. The summed E-state index contributed by atoms with van der Waals surface area (Å²) in [5.74, 6) is 0. The van der Waals surface area contributed by atoms with Gasteiger partial charge in [-0.05, 0) is 50.1 Å². The van der Waals surface area contributed by atoms with E-state index in [-0.39, 0.29) is 6.04 Å². The number of hydrogen-bond acceptors (Lipinski definition) is 3. The molecular formula is C18H25N3. The normalized spacial score (nSPS) is 12.2. The van der Waals surface area contributed by atoms with E-state index < -0.39 is 0 Å². The zero-order valence-electron chi connectivity index (χ0n) is 13.2. The molecular weight excluding hydrogens is 258 g/mol. The van der Waals surface area contributed by atoms with Crippen LogP contribution in [0, 0.1) is 6.92 Å². The minimum atomic E-state index is 0.132. The maximum absolute atomic E-state index is 6.07. The molecule has 0 spiro atoms. The van der Waals surface area contributed by atoms with Gasteiger partial charge in [-0.3, -0.25) is 4.98 Å². The van der Waals surface area contributed by atoms with E-state index in [1.807, 2.05) is 13.0 Å². The molecule has 3 heteroatoms. The summed E-state index contributed by atoms with van der Waals surface area (Å²) in [6.07, 6.45) is 0.962. The van der Waals surface area contributed by atoms with Crippen LogP contribution in [0.25, 0.3) is 0 Å². The highest BCUT2D eigenvalue weighted by atomic mass is 15.1. The van der Waals surface area contributed by atoms with Gasteiger partial charge in [0.05, 0.1) is 12.2 Å². The molecule has 0 fully saturated rings. The first-order valence-electron chi connectivity index (χ1n) is 7.67. The van der Waals surface area contributed by atoms with Crippen molar-refractivity contribution in [2.45, 2.75) is 39.8 Å². The maximum Gasteiger partial charge on any atom is 0.0602 e. The van der Waals surface area contributed by atoms with Gasteiger partial charge in [0, 0.05) is 24.0 Å². The van der Waals surface area contributed by atoms with Gasteiger partial charge in [0.2, 0.25) is 0 Å². The van der Waals surface area contributed by atoms with Gasteiger partial charge in [-0.1, -0.05) is 25.1 Å². The van der Waals surface area contributed by atoms with E-state index in [1.54, 1.807) is 0 Å². The van der Waals surface area contributed by atoms with Crippen LogP contribution in [0.2, 0.25) is 0 Å². The van der Waals surface area contributed by atoms with Crippen molar-refractivity contribution in [3.63, 3.8) is 0 Å². The molecule has 0 aliphatic carbocycles. The first-order valence-corrected chi connectivity index (χ1v) is 7.67. The van der Waals surface area contributed by atoms with Gasteiger partial charge < -0.3 is 10.6 Å². The van der Waals surface area contributed by atoms with Gasteiger partial charge in [0.1, 0.15) is 0 Å². The number of rotatable bonds is 6. The van der Waals surface area contributed by atoms with Crippen LogP contribution in [0.4, 0.5) is 5.69 Å². The number of anilines is 1. The Bertz CT molecular complexity index is 563. The summed E-state index contributed by atoms with van der Waals surface area (Å²) in [5, 5.41) is 0. The number of nitrogens with two attached hydrogens (primary N) is 1. The standard InChI is InChI=1S/C18H25N3/c1-4-18(19)15-9-11-17(12-10-15)21(5-2)13-16-8-6-7-14(3)20-16/h6-12,18H,4-5,13,19H2,1-3H3/t18-/m1/s1. The largest absolute Gasteiger partial charge is 0.366 e. The lowest BCUT2D eigenvalue weighted by atomic mass is 10.1. The van der Waals surface area contributed by atoms with Gasteiger partial charge in [0.15, 0.2) is 0 Å². The lowest BCUT2D eigenvalue weighted by molar-refractivity contribution is 0.698. The van der Waals surface area contributed by atoms with Gasteiger partial charge in [-0.2, -0.15) is 0 Å². The summed E-state index contributed by atoms with van der Waals surface area (Å²) in [5.41, 5.74) is 10.7. The maximum atomic E-state index is 6.07.